The summed E-state index contributed by atoms with van der Waals surface area (Å²) in [5.74, 6) is -0.862. The average Bonchev–Trinajstić information content (AvgIpc) is 3.47. The van der Waals surface area contributed by atoms with E-state index in [1.807, 2.05) is 0 Å². The van der Waals surface area contributed by atoms with Gasteiger partial charge in [0.2, 0.25) is 0 Å². The number of hydrogen-bond donors (Lipinski definition) is 0. The van der Waals surface area contributed by atoms with E-state index in [4.69, 9.17) is 14.2 Å². The highest BCUT2D eigenvalue weighted by atomic mass is 16.6. The Hall–Kier alpha value is -2.37. The first-order valence-electron chi connectivity index (χ1n) is 37.0. The van der Waals surface area contributed by atoms with Gasteiger partial charge in [-0.15, -0.1) is 0 Å². The first-order valence-corrected chi connectivity index (χ1v) is 37.0. The van der Waals surface area contributed by atoms with Crippen LogP contribution in [0.25, 0.3) is 0 Å². The molecule has 0 amide bonds. The molecule has 482 valence electrons. The van der Waals surface area contributed by atoms with Crippen LogP contribution in [-0.2, 0) is 28.6 Å². The first kappa shape index (κ1) is 79.6. The molecule has 0 heterocycles. The summed E-state index contributed by atoms with van der Waals surface area (Å²) in [5, 5.41) is 0. The van der Waals surface area contributed by atoms with Gasteiger partial charge in [-0.25, -0.2) is 0 Å². The van der Waals surface area contributed by atoms with Crippen molar-refractivity contribution in [1.29, 1.82) is 0 Å². The fourth-order valence-corrected chi connectivity index (χ4v) is 11.3. The molecule has 0 aliphatic rings. The lowest BCUT2D eigenvalue weighted by Crippen LogP contribution is -2.30. The molecule has 0 aliphatic carbocycles. The third-order valence-corrected chi connectivity index (χ3v) is 16.8. The Morgan fingerprint density at radius 2 is 0.463 bits per heavy atom. The quantitative estimate of drug-likeness (QED) is 0.0261. The monoisotopic (exact) mass is 1150 g/mol. The summed E-state index contributed by atoms with van der Waals surface area (Å²) in [6.45, 7) is 6.63. The molecule has 1 unspecified atom stereocenters. The van der Waals surface area contributed by atoms with Gasteiger partial charge in [-0.05, 0) is 70.6 Å². The SMILES string of the molecule is CCC/C=C\C/C=C\CCCCCCCC(=O)OCC(COC(=O)CCCCCCCCCCCCCCCCCCCCCCCCCCCCCCCCCC)OC(=O)CCCCCCCCCCC/C=C\CCCCCCCC. The van der Waals surface area contributed by atoms with E-state index in [-0.39, 0.29) is 31.1 Å². The van der Waals surface area contributed by atoms with Gasteiger partial charge >= 0.3 is 17.9 Å². The van der Waals surface area contributed by atoms with Crippen LogP contribution in [-0.4, -0.2) is 37.2 Å². The Morgan fingerprint density at radius 3 is 0.732 bits per heavy atom. The molecule has 0 radical (unpaired) electrons. The van der Waals surface area contributed by atoms with Crippen LogP contribution in [0, 0.1) is 0 Å². The number of carbonyl (C=O) groups is 3. The van der Waals surface area contributed by atoms with E-state index in [0.717, 1.165) is 83.5 Å². The van der Waals surface area contributed by atoms with Crippen LogP contribution >= 0.6 is 0 Å². The molecule has 0 rings (SSSR count). The normalized spacial score (nSPS) is 12.2. The molecule has 6 nitrogen and oxygen atoms in total. The van der Waals surface area contributed by atoms with Crippen LogP contribution in [0.4, 0.5) is 0 Å². The average molecular weight is 1150 g/mol. The molecule has 0 spiro atoms. The molecule has 0 saturated heterocycles. The van der Waals surface area contributed by atoms with E-state index in [0.29, 0.717) is 19.3 Å². The van der Waals surface area contributed by atoms with Crippen LogP contribution in [0.3, 0.4) is 0 Å². The minimum absolute atomic E-state index is 0.0730. The molecule has 0 N–H and O–H groups in total. The Kier molecular flexibility index (Phi) is 69.1. The lowest BCUT2D eigenvalue weighted by Gasteiger charge is -2.18. The van der Waals surface area contributed by atoms with E-state index < -0.39 is 6.10 Å². The number of esters is 3. The molecule has 82 heavy (non-hydrogen) atoms. The zero-order valence-corrected chi connectivity index (χ0v) is 55.5. The molecule has 0 aliphatic heterocycles. The maximum Gasteiger partial charge on any atom is 0.306 e. The molecule has 0 aromatic carbocycles. The highest BCUT2D eigenvalue weighted by Crippen LogP contribution is 2.19. The van der Waals surface area contributed by atoms with E-state index in [2.05, 4.69) is 57.2 Å². The molecule has 6 heteroatoms. The number of unbranched alkanes of at least 4 members (excludes halogenated alkanes) is 52. The van der Waals surface area contributed by atoms with Gasteiger partial charge in [-0.2, -0.15) is 0 Å². The van der Waals surface area contributed by atoms with Crippen molar-refractivity contribution >= 4 is 17.9 Å². The first-order chi connectivity index (χ1) is 40.5. The van der Waals surface area contributed by atoms with Crippen LogP contribution in [0.2, 0.25) is 0 Å². The molecule has 1 atom stereocenters. The Bertz CT molecular complexity index is 1370. The van der Waals surface area contributed by atoms with Crippen molar-refractivity contribution in [2.24, 2.45) is 0 Å². The molecule has 0 aromatic heterocycles. The molecular weight excluding hydrogens is 1010 g/mol. The van der Waals surface area contributed by atoms with Crippen LogP contribution in [0.15, 0.2) is 36.5 Å². The number of hydrogen-bond acceptors (Lipinski definition) is 6. The lowest BCUT2D eigenvalue weighted by atomic mass is 10.0. The van der Waals surface area contributed by atoms with Crippen molar-refractivity contribution in [3.05, 3.63) is 36.5 Å². The van der Waals surface area contributed by atoms with Crippen molar-refractivity contribution < 1.29 is 28.6 Å². The van der Waals surface area contributed by atoms with Gasteiger partial charge in [0.05, 0.1) is 0 Å². The van der Waals surface area contributed by atoms with E-state index >= 15 is 0 Å². The highest BCUT2D eigenvalue weighted by molar-refractivity contribution is 5.71. The molecule has 0 fully saturated rings. The third kappa shape index (κ3) is 68.4. The van der Waals surface area contributed by atoms with Crippen LogP contribution in [0.1, 0.15) is 412 Å². The van der Waals surface area contributed by atoms with E-state index in [1.165, 1.54) is 289 Å². The number of allylic oxidation sites excluding steroid dienone is 6. The second kappa shape index (κ2) is 71.1. The second-order valence-corrected chi connectivity index (χ2v) is 25.2. The lowest BCUT2D eigenvalue weighted by molar-refractivity contribution is -0.167. The Labute approximate surface area is 512 Å². The Balaban J connectivity index is 4.12. The van der Waals surface area contributed by atoms with Gasteiger partial charge < -0.3 is 14.2 Å². The molecule has 0 aromatic rings. The Morgan fingerprint density at radius 1 is 0.244 bits per heavy atom. The van der Waals surface area contributed by atoms with E-state index in [1.54, 1.807) is 0 Å². The maximum atomic E-state index is 12.9. The minimum atomic E-state index is -0.778. The fraction of sp³-hybridized carbons (Fsp3) is 0.882. The summed E-state index contributed by atoms with van der Waals surface area (Å²) in [6.07, 6.45) is 89.2. The largest absolute Gasteiger partial charge is 0.462 e. The van der Waals surface area contributed by atoms with Crippen LogP contribution in [0.5, 0.6) is 0 Å². The van der Waals surface area contributed by atoms with Gasteiger partial charge in [0, 0.05) is 19.3 Å². The van der Waals surface area contributed by atoms with Gasteiger partial charge in [0.15, 0.2) is 6.10 Å². The van der Waals surface area contributed by atoms with Crippen LogP contribution < -0.4 is 0 Å². The number of rotatable bonds is 69. The zero-order chi connectivity index (χ0) is 59.2. The maximum absolute atomic E-state index is 12.9. The predicted octanol–water partition coefficient (Wildman–Crippen LogP) is 25.5. The summed E-state index contributed by atoms with van der Waals surface area (Å²) in [5.41, 5.74) is 0. The van der Waals surface area contributed by atoms with Gasteiger partial charge in [0.25, 0.3) is 0 Å². The topological polar surface area (TPSA) is 78.9 Å². The number of ether oxygens (including phenoxy) is 3. The summed E-state index contributed by atoms with van der Waals surface area (Å²) >= 11 is 0. The summed E-state index contributed by atoms with van der Waals surface area (Å²) in [7, 11) is 0. The number of carbonyl (C=O) groups excluding carboxylic acids is 3. The second-order valence-electron chi connectivity index (χ2n) is 25.2. The van der Waals surface area contributed by atoms with Crippen molar-refractivity contribution in [2.45, 2.75) is 419 Å². The molecule has 0 saturated carbocycles. The summed E-state index contributed by atoms with van der Waals surface area (Å²) < 4.78 is 17.0. The smallest absolute Gasteiger partial charge is 0.306 e. The van der Waals surface area contributed by atoms with E-state index in [9.17, 15) is 14.4 Å². The summed E-state index contributed by atoms with van der Waals surface area (Å²) in [4.78, 5) is 38.4. The van der Waals surface area contributed by atoms with Gasteiger partial charge in [-0.3, -0.25) is 14.4 Å². The highest BCUT2D eigenvalue weighted by Gasteiger charge is 2.19. The van der Waals surface area contributed by atoms with Gasteiger partial charge in [-0.1, -0.05) is 359 Å². The van der Waals surface area contributed by atoms with Crippen molar-refractivity contribution in [3.63, 3.8) is 0 Å². The fourth-order valence-electron chi connectivity index (χ4n) is 11.3. The van der Waals surface area contributed by atoms with Crippen molar-refractivity contribution in [1.82, 2.24) is 0 Å². The predicted molar refractivity (Wildman–Crippen MR) is 358 cm³/mol. The third-order valence-electron chi connectivity index (χ3n) is 16.8. The molecule has 0 bridgehead atoms. The molecular formula is C76H142O6. The summed E-state index contributed by atoms with van der Waals surface area (Å²) in [6, 6.07) is 0. The zero-order valence-electron chi connectivity index (χ0n) is 55.5. The van der Waals surface area contributed by atoms with Crippen molar-refractivity contribution in [2.75, 3.05) is 13.2 Å². The van der Waals surface area contributed by atoms with Crippen molar-refractivity contribution in [3.8, 4) is 0 Å². The minimum Gasteiger partial charge on any atom is -0.462 e. The van der Waals surface area contributed by atoms with Gasteiger partial charge in [0.1, 0.15) is 13.2 Å². The standard InChI is InChI=1S/C76H142O6/c1-4-7-10-13-16-19-22-25-27-29-31-32-33-34-35-36-37-38-39-40-41-42-43-45-46-48-51-54-57-60-63-66-69-75(78)81-72-73(71-80-74(77)68-65-62-59-56-53-50-24-21-18-15-12-9-6-3)82-76(79)70-67-64-61-58-55-52-49-47-44-30-28-26-23-20-17-14-11-8-5-2/h12,15,21,24,26,28,73H,4-11,13-14,16-20,22-23,25,27,29-72H2,1-3H3/b15-12-,24-21-,28-26-.